The van der Waals surface area contributed by atoms with Crippen molar-refractivity contribution in [3.05, 3.63) is 11.6 Å². The summed E-state index contributed by atoms with van der Waals surface area (Å²) in [5, 5.41) is 108. The molecule has 4 aliphatic heterocycles. The highest BCUT2D eigenvalue weighted by molar-refractivity contribution is 5.85. The Bertz CT molecular complexity index is 1600. The normalized spacial score (nSPS) is 54.3. The van der Waals surface area contributed by atoms with Crippen LogP contribution in [0.4, 0.5) is 0 Å². The summed E-state index contributed by atoms with van der Waals surface area (Å²) < 4.78 is 40.2. The molecular formula is C41H62O19. The third-order valence-corrected chi connectivity index (χ3v) is 16.1. The maximum absolute atomic E-state index is 13.3. The number of ether oxygens (including phenoxy) is 7. The van der Waals surface area contributed by atoms with Gasteiger partial charge in [0.05, 0.1) is 48.1 Å². The van der Waals surface area contributed by atoms with Crippen LogP contribution in [0.5, 0.6) is 0 Å². The minimum absolute atomic E-state index is 0.00494. The predicted octanol–water partition coefficient (Wildman–Crippen LogP) is -2.57. The molecule has 0 unspecified atom stereocenters. The Morgan fingerprint density at radius 3 is 2.15 bits per heavy atom. The lowest BCUT2D eigenvalue weighted by Crippen LogP contribution is -2.69. The number of hydrogen-bond acceptors (Lipinski definition) is 19. The lowest BCUT2D eigenvalue weighted by atomic mass is 9.41. The highest BCUT2D eigenvalue weighted by Gasteiger charge is 2.71. The van der Waals surface area contributed by atoms with Crippen molar-refractivity contribution < 1.29 is 93.8 Å². The van der Waals surface area contributed by atoms with Gasteiger partial charge in [0.1, 0.15) is 67.8 Å². The molecule has 340 valence electrons. The van der Waals surface area contributed by atoms with Gasteiger partial charge in [0.25, 0.3) is 0 Å². The maximum atomic E-state index is 13.3. The largest absolute Gasteiger partial charge is 0.458 e. The molecule has 0 amide bonds. The zero-order chi connectivity index (χ0) is 43.1. The summed E-state index contributed by atoms with van der Waals surface area (Å²) in [4.78, 5) is 25.2. The van der Waals surface area contributed by atoms with Gasteiger partial charge in [-0.15, -0.1) is 0 Å². The van der Waals surface area contributed by atoms with Crippen molar-refractivity contribution in [2.75, 3.05) is 19.8 Å². The van der Waals surface area contributed by atoms with Crippen LogP contribution in [-0.2, 0) is 42.7 Å². The summed E-state index contributed by atoms with van der Waals surface area (Å²) in [6.45, 7) is 2.70. The summed E-state index contributed by atoms with van der Waals surface area (Å²) in [5.74, 6) is -0.820. The standard InChI is InChI=1S/C41H62O19/c1-18-35(60-37-34(51)32(49)30(47)26(59-37)16-55-36-33(50)31(48)29(46)25(14-42)58-36)24(44)12-28(56-18)57-20-3-8-39(17-43)22-4-7-38(2)21(19-11-27(45)54-15-19)6-10-41(38,53)23(22)5-9-40(39,52)13-20/h11,17-18,20-26,28-37,42,44,46-53H,3-10,12-16H2,1-2H3/t18-,20+,21+,22+,23-,24+,25-,26-,28+,29-,30-,31+,32+,33-,34-,35-,36-,37+,38-,39+,40+,41+/m1/s1. The number of aliphatic hydroxyl groups is 10. The van der Waals surface area contributed by atoms with Crippen molar-refractivity contribution in [1.29, 1.82) is 0 Å². The van der Waals surface area contributed by atoms with Crippen LogP contribution in [0.15, 0.2) is 11.6 Å². The summed E-state index contributed by atoms with van der Waals surface area (Å²) in [7, 11) is 0. The fourth-order valence-corrected chi connectivity index (χ4v) is 12.7. The van der Waals surface area contributed by atoms with Crippen molar-refractivity contribution in [3.8, 4) is 0 Å². The molecule has 60 heavy (non-hydrogen) atoms. The Balaban J connectivity index is 0.872. The van der Waals surface area contributed by atoms with Gasteiger partial charge in [0.15, 0.2) is 18.9 Å². The fraction of sp³-hybridized carbons (Fsp3) is 0.902. The smallest absolute Gasteiger partial charge is 0.331 e. The number of fused-ring (bicyclic) bond motifs is 5. The Morgan fingerprint density at radius 2 is 1.48 bits per heavy atom. The van der Waals surface area contributed by atoms with E-state index >= 15 is 0 Å². The molecule has 4 aliphatic carbocycles. The van der Waals surface area contributed by atoms with Gasteiger partial charge in [0.2, 0.25) is 0 Å². The molecule has 0 aromatic rings. The molecule has 0 bridgehead atoms. The van der Waals surface area contributed by atoms with E-state index in [9.17, 15) is 60.7 Å². The molecular weight excluding hydrogens is 796 g/mol. The number of cyclic esters (lactones) is 1. The highest BCUT2D eigenvalue weighted by atomic mass is 16.7. The average Bonchev–Trinajstić information content (AvgIpc) is 3.76. The monoisotopic (exact) mass is 858 g/mol. The molecule has 19 nitrogen and oxygen atoms in total. The molecule has 4 saturated carbocycles. The van der Waals surface area contributed by atoms with E-state index in [1.54, 1.807) is 13.0 Å². The third-order valence-electron chi connectivity index (χ3n) is 16.1. The molecule has 4 heterocycles. The van der Waals surface area contributed by atoms with Gasteiger partial charge in [-0.1, -0.05) is 6.92 Å². The van der Waals surface area contributed by atoms with E-state index < -0.39 is 127 Å². The minimum atomic E-state index is -1.79. The van der Waals surface area contributed by atoms with Gasteiger partial charge in [0, 0.05) is 24.3 Å². The first kappa shape index (κ1) is 44.8. The summed E-state index contributed by atoms with van der Waals surface area (Å²) in [5.41, 5.74) is -3.15. The van der Waals surface area contributed by atoms with Gasteiger partial charge < -0.3 is 89.0 Å². The highest BCUT2D eigenvalue weighted by Crippen LogP contribution is 2.70. The van der Waals surface area contributed by atoms with Crippen LogP contribution in [0.2, 0.25) is 0 Å². The van der Waals surface area contributed by atoms with Crippen molar-refractivity contribution in [1.82, 2.24) is 0 Å². The van der Waals surface area contributed by atoms with Crippen LogP contribution < -0.4 is 0 Å². The number of esters is 1. The van der Waals surface area contributed by atoms with Crippen molar-refractivity contribution in [3.63, 3.8) is 0 Å². The molecule has 0 radical (unpaired) electrons. The van der Waals surface area contributed by atoms with Crippen LogP contribution in [0.25, 0.3) is 0 Å². The molecule has 0 aromatic heterocycles. The SMILES string of the molecule is C[C@H]1O[C@@H](O[C@H]2CC[C@]3(C=O)[C@H]4CC[C@]5(C)[C@H](C6=CC(=O)OC6)CC[C@]5(O)[C@@H]4CC[C@]3(O)C2)C[C@H](O)[C@@H]1O[C@@H]1O[C@H](CO[C@@H]2O[C@H](CO)[C@@H](O)[C@H](O)[C@H]2O)[C@@H](O)[C@H](O)[C@H]1O. The maximum Gasteiger partial charge on any atom is 0.331 e. The molecule has 0 spiro atoms. The van der Waals surface area contributed by atoms with Crippen LogP contribution >= 0.6 is 0 Å². The van der Waals surface area contributed by atoms with Crippen LogP contribution in [0.1, 0.15) is 78.1 Å². The quantitative estimate of drug-likeness (QED) is 0.0613. The van der Waals surface area contributed by atoms with Gasteiger partial charge >= 0.3 is 5.97 Å². The van der Waals surface area contributed by atoms with Gasteiger partial charge in [-0.25, -0.2) is 4.79 Å². The molecule has 8 rings (SSSR count). The lowest BCUT2D eigenvalue weighted by molar-refractivity contribution is -0.354. The second kappa shape index (κ2) is 16.7. The van der Waals surface area contributed by atoms with Gasteiger partial charge in [-0.2, -0.15) is 0 Å². The first-order chi connectivity index (χ1) is 28.4. The molecule has 19 heteroatoms. The Hall–Kier alpha value is -1.76. The van der Waals surface area contributed by atoms with E-state index in [0.717, 1.165) is 11.9 Å². The number of hydrogen-bond donors (Lipinski definition) is 10. The van der Waals surface area contributed by atoms with Crippen molar-refractivity contribution >= 4 is 12.3 Å². The Morgan fingerprint density at radius 1 is 0.800 bits per heavy atom. The topological polar surface area (TPSA) is 301 Å². The van der Waals surface area contributed by atoms with E-state index in [4.69, 9.17) is 33.2 Å². The van der Waals surface area contributed by atoms with Crippen LogP contribution in [0, 0.1) is 28.6 Å². The fourth-order valence-electron chi connectivity index (χ4n) is 12.7. The summed E-state index contributed by atoms with van der Waals surface area (Å²) in [6, 6.07) is 0. The Labute approximate surface area is 347 Å². The Kier molecular flexibility index (Phi) is 12.4. The summed E-state index contributed by atoms with van der Waals surface area (Å²) >= 11 is 0. The van der Waals surface area contributed by atoms with E-state index in [1.807, 2.05) is 0 Å². The van der Waals surface area contributed by atoms with Gasteiger partial charge in [-0.05, 0) is 81.6 Å². The van der Waals surface area contributed by atoms with Crippen molar-refractivity contribution in [2.24, 2.45) is 28.6 Å². The molecule has 22 atom stereocenters. The molecule has 3 saturated heterocycles. The summed E-state index contributed by atoms with van der Waals surface area (Å²) in [6.07, 6.45) is -14.1. The van der Waals surface area contributed by atoms with E-state index in [2.05, 4.69) is 6.92 Å². The van der Waals surface area contributed by atoms with E-state index in [-0.39, 0.29) is 43.2 Å². The van der Waals surface area contributed by atoms with E-state index in [0.29, 0.717) is 51.4 Å². The minimum Gasteiger partial charge on any atom is -0.458 e. The molecule has 0 aromatic carbocycles. The second-order valence-electron chi connectivity index (χ2n) is 19.0. The number of rotatable bonds is 10. The molecule has 7 fully saturated rings. The molecule has 8 aliphatic rings. The van der Waals surface area contributed by atoms with Crippen LogP contribution in [0.3, 0.4) is 0 Å². The number of carbonyl (C=O) groups excluding carboxylic acids is 2. The molecule has 10 N–H and O–H groups in total. The predicted molar refractivity (Wildman–Crippen MR) is 199 cm³/mol. The van der Waals surface area contributed by atoms with Gasteiger partial charge in [-0.3, -0.25) is 0 Å². The lowest BCUT2D eigenvalue weighted by Gasteiger charge is -2.65. The average molecular weight is 859 g/mol. The number of aldehydes is 1. The van der Waals surface area contributed by atoms with E-state index in [1.165, 1.54) is 0 Å². The van der Waals surface area contributed by atoms with Crippen LogP contribution in [-0.4, -0.2) is 186 Å². The second-order valence-corrected chi connectivity index (χ2v) is 19.0. The number of carbonyl (C=O) groups is 2. The zero-order valence-corrected chi connectivity index (χ0v) is 33.9. The van der Waals surface area contributed by atoms with Crippen molar-refractivity contribution in [2.45, 2.75) is 181 Å². The zero-order valence-electron chi connectivity index (χ0n) is 33.9. The first-order valence-corrected chi connectivity index (χ1v) is 21.4. The third kappa shape index (κ3) is 7.21. The first-order valence-electron chi connectivity index (χ1n) is 21.4. The number of aliphatic hydroxyl groups excluding tert-OH is 8.